The lowest BCUT2D eigenvalue weighted by atomic mass is 10.1. The Morgan fingerprint density at radius 1 is 1.60 bits per heavy atom. The van der Waals surface area contributed by atoms with Gasteiger partial charge in [-0.25, -0.2) is 0 Å². The Kier molecular flexibility index (Phi) is 1.72. The fourth-order valence-corrected chi connectivity index (χ4v) is 1.12. The molecule has 0 spiro atoms. The zero-order valence-electron chi connectivity index (χ0n) is 7.15. The molecule has 0 unspecified atom stereocenters. The molecule has 0 aromatic carbocycles. The second-order valence-corrected chi connectivity index (χ2v) is 4.00. The molecule has 0 aromatic rings. The molecule has 1 fully saturated rings. The average Bonchev–Trinajstić information content (AvgIpc) is 2.35. The van der Waals surface area contributed by atoms with Crippen molar-refractivity contribution in [1.82, 2.24) is 0 Å². The average molecular weight is 136 g/mol. The summed E-state index contributed by atoms with van der Waals surface area (Å²) >= 11 is 0. The molecule has 0 aliphatic heterocycles. The fourth-order valence-electron chi connectivity index (χ4n) is 1.12. The molecule has 0 radical (unpaired) electrons. The van der Waals surface area contributed by atoms with Gasteiger partial charge >= 0.3 is 0 Å². The lowest BCUT2D eigenvalue weighted by Crippen LogP contribution is -1.85. The molecule has 1 aliphatic rings. The molecule has 0 saturated heterocycles. The normalized spacial score (nSPS) is 28.9. The highest BCUT2D eigenvalue weighted by molar-refractivity contribution is 5.17. The van der Waals surface area contributed by atoms with Gasteiger partial charge in [0.2, 0.25) is 0 Å². The largest absolute Gasteiger partial charge is 0.0961 e. The van der Waals surface area contributed by atoms with E-state index in [0.717, 1.165) is 11.5 Å². The quantitative estimate of drug-likeness (QED) is 0.511. The molecule has 0 aromatic heterocycles. The first-order valence-corrected chi connectivity index (χ1v) is 3.86. The summed E-state index contributed by atoms with van der Waals surface area (Å²) < 4.78 is 0. The molecular weight excluding hydrogens is 120 g/mol. The smallest absolute Gasteiger partial charge is 0.0173 e. The van der Waals surface area contributed by atoms with Crippen LogP contribution in [0.25, 0.3) is 0 Å². The van der Waals surface area contributed by atoms with E-state index in [0.29, 0.717) is 5.41 Å². The fraction of sp³-hybridized carbons (Fsp3) is 0.600. The molecular formula is C10H16. The van der Waals surface area contributed by atoms with Crippen LogP contribution >= 0.6 is 0 Å². The highest BCUT2D eigenvalue weighted by Crippen LogP contribution is 2.52. The van der Waals surface area contributed by atoms with E-state index in [-0.39, 0.29) is 0 Å². The first-order chi connectivity index (χ1) is 4.52. The van der Waals surface area contributed by atoms with Gasteiger partial charge in [0.25, 0.3) is 0 Å². The first kappa shape index (κ1) is 7.59. The van der Waals surface area contributed by atoms with Gasteiger partial charge in [-0.15, -0.1) is 0 Å². The predicted molar refractivity (Wildman–Crippen MR) is 45.8 cm³/mol. The van der Waals surface area contributed by atoms with Crippen LogP contribution < -0.4 is 0 Å². The van der Waals surface area contributed by atoms with E-state index in [1.807, 2.05) is 6.92 Å². The Morgan fingerprint density at radius 2 is 2.10 bits per heavy atom. The summed E-state index contributed by atoms with van der Waals surface area (Å²) in [6, 6.07) is 0. The second kappa shape index (κ2) is 2.26. The predicted octanol–water partition coefficient (Wildman–Crippen LogP) is 3.16. The molecule has 0 heterocycles. The van der Waals surface area contributed by atoms with Crippen molar-refractivity contribution in [2.24, 2.45) is 11.3 Å². The topological polar surface area (TPSA) is 0 Å². The molecule has 56 valence electrons. The number of hydrogen-bond acceptors (Lipinski definition) is 0. The van der Waals surface area contributed by atoms with E-state index >= 15 is 0 Å². The number of hydrogen-bond donors (Lipinski definition) is 0. The molecule has 1 aliphatic carbocycles. The van der Waals surface area contributed by atoms with Crippen LogP contribution in [-0.2, 0) is 0 Å². The third-order valence-electron chi connectivity index (χ3n) is 2.20. The summed E-state index contributed by atoms with van der Waals surface area (Å²) in [5.74, 6) is 0.809. The van der Waals surface area contributed by atoms with Crippen LogP contribution in [0.2, 0.25) is 0 Å². The van der Waals surface area contributed by atoms with Crippen molar-refractivity contribution in [2.75, 3.05) is 0 Å². The van der Waals surface area contributed by atoms with Crippen LogP contribution in [0.15, 0.2) is 24.3 Å². The van der Waals surface area contributed by atoms with Crippen molar-refractivity contribution < 1.29 is 0 Å². The van der Waals surface area contributed by atoms with Crippen molar-refractivity contribution in [2.45, 2.75) is 27.2 Å². The van der Waals surface area contributed by atoms with Crippen LogP contribution in [0.4, 0.5) is 0 Å². The highest BCUT2D eigenvalue weighted by Gasteiger charge is 2.43. The van der Waals surface area contributed by atoms with Gasteiger partial charge in [-0.1, -0.05) is 38.2 Å². The van der Waals surface area contributed by atoms with E-state index < -0.39 is 0 Å². The van der Waals surface area contributed by atoms with Gasteiger partial charge in [-0.2, -0.15) is 0 Å². The van der Waals surface area contributed by atoms with Gasteiger partial charge < -0.3 is 0 Å². The van der Waals surface area contributed by atoms with Gasteiger partial charge in [0.15, 0.2) is 0 Å². The van der Waals surface area contributed by atoms with Gasteiger partial charge in [-0.05, 0) is 24.7 Å². The van der Waals surface area contributed by atoms with Crippen LogP contribution in [-0.4, -0.2) is 0 Å². The minimum absolute atomic E-state index is 0.575. The molecule has 0 amide bonds. The van der Waals surface area contributed by atoms with E-state index in [4.69, 9.17) is 0 Å². The Bertz CT molecular complexity index is 172. The summed E-state index contributed by atoms with van der Waals surface area (Å²) in [7, 11) is 0. The van der Waals surface area contributed by atoms with Crippen LogP contribution in [0.1, 0.15) is 27.2 Å². The Balaban J connectivity index is 2.37. The summed E-state index contributed by atoms with van der Waals surface area (Å²) in [5, 5.41) is 0. The molecule has 1 rings (SSSR count). The summed E-state index contributed by atoms with van der Waals surface area (Å²) in [5.41, 5.74) is 1.73. The minimum atomic E-state index is 0.575. The summed E-state index contributed by atoms with van der Waals surface area (Å²) in [6.07, 6.45) is 5.75. The Morgan fingerprint density at radius 3 is 2.40 bits per heavy atom. The van der Waals surface area contributed by atoms with E-state index in [1.54, 1.807) is 0 Å². The SMILES string of the molecule is C=C(C)/C=C/[C@H]1CC1(C)C. The molecule has 0 nitrogen and oxygen atoms in total. The highest BCUT2D eigenvalue weighted by atomic mass is 14.5. The lowest BCUT2D eigenvalue weighted by Gasteiger charge is -1.95. The monoisotopic (exact) mass is 136 g/mol. The van der Waals surface area contributed by atoms with E-state index in [9.17, 15) is 0 Å². The molecule has 10 heavy (non-hydrogen) atoms. The third-order valence-corrected chi connectivity index (χ3v) is 2.20. The molecule has 0 N–H and O–H groups in total. The summed E-state index contributed by atoms with van der Waals surface area (Å²) in [4.78, 5) is 0. The van der Waals surface area contributed by atoms with Crippen molar-refractivity contribution in [3.05, 3.63) is 24.3 Å². The maximum absolute atomic E-state index is 3.82. The molecule has 0 bridgehead atoms. The van der Waals surface area contributed by atoms with Gasteiger partial charge in [0.05, 0.1) is 0 Å². The summed E-state index contributed by atoms with van der Waals surface area (Å²) in [6.45, 7) is 10.5. The van der Waals surface area contributed by atoms with E-state index in [1.165, 1.54) is 6.42 Å². The van der Waals surface area contributed by atoms with Gasteiger partial charge in [-0.3, -0.25) is 0 Å². The maximum atomic E-state index is 3.82. The Hall–Kier alpha value is -0.520. The van der Waals surface area contributed by atoms with Crippen molar-refractivity contribution in [1.29, 1.82) is 0 Å². The van der Waals surface area contributed by atoms with Crippen LogP contribution in [0.3, 0.4) is 0 Å². The number of allylic oxidation sites excluding steroid dienone is 3. The van der Waals surface area contributed by atoms with E-state index in [2.05, 4.69) is 32.6 Å². The second-order valence-electron chi connectivity index (χ2n) is 4.00. The van der Waals surface area contributed by atoms with Crippen molar-refractivity contribution in [3.63, 3.8) is 0 Å². The maximum Gasteiger partial charge on any atom is -0.0173 e. The third kappa shape index (κ3) is 1.73. The molecule has 1 atom stereocenters. The van der Waals surface area contributed by atoms with Crippen LogP contribution in [0, 0.1) is 11.3 Å². The Labute approximate surface area is 63.6 Å². The van der Waals surface area contributed by atoms with Crippen LogP contribution in [0.5, 0.6) is 0 Å². The van der Waals surface area contributed by atoms with Crippen molar-refractivity contribution in [3.8, 4) is 0 Å². The first-order valence-electron chi connectivity index (χ1n) is 3.86. The van der Waals surface area contributed by atoms with Crippen molar-refractivity contribution >= 4 is 0 Å². The lowest BCUT2D eigenvalue weighted by molar-refractivity contribution is 0.610. The van der Waals surface area contributed by atoms with Gasteiger partial charge in [0, 0.05) is 0 Å². The number of rotatable bonds is 2. The standard InChI is InChI=1S/C10H16/c1-8(2)5-6-9-7-10(9,3)4/h5-6,9H,1,7H2,2-4H3/b6-5+/t9-/m0/s1. The molecule has 1 saturated carbocycles. The van der Waals surface area contributed by atoms with Gasteiger partial charge in [0.1, 0.15) is 0 Å². The zero-order chi connectivity index (χ0) is 7.78. The minimum Gasteiger partial charge on any atom is -0.0961 e. The zero-order valence-corrected chi connectivity index (χ0v) is 7.15. The molecule has 0 heteroatoms.